The van der Waals surface area contributed by atoms with Crippen molar-refractivity contribution >= 4 is 23.3 Å². The summed E-state index contributed by atoms with van der Waals surface area (Å²) in [6.45, 7) is 9.25. The smallest absolute Gasteiger partial charge is 0.337 e. The summed E-state index contributed by atoms with van der Waals surface area (Å²) in [6.07, 6.45) is 2.22. The summed E-state index contributed by atoms with van der Waals surface area (Å²) in [5.74, 6) is -0.405. The number of rotatable bonds is 2. The molecule has 0 bridgehead atoms. The van der Waals surface area contributed by atoms with E-state index < -0.39 is 0 Å². The van der Waals surface area contributed by atoms with Crippen molar-refractivity contribution in [3.05, 3.63) is 64.2 Å². The van der Waals surface area contributed by atoms with Crippen LogP contribution in [0, 0.1) is 0 Å². The van der Waals surface area contributed by atoms with Gasteiger partial charge in [-0.2, -0.15) is 0 Å². The van der Waals surface area contributed by atoms with E-state index in [0.29, 0.717) is 5.56 Å². The number of ether oxygens (including phenoxy) is 1. The van der Waals surface area contributed by atoms with Gasteiger partial charge in [0.1, 0.15) is 6.54 Å². The third-order valence-electron chi connectivity index (χ3n) is 6.91. The van der Waals surface area contributed by atoms with E-state index in [0.717, 1.165) is 35.4 Å². The molecule has 1 heterocycles. The van der Waals surface area contributed by atoms with Crippen LogP contribution in [0.5, 0.6) is 0 Å². The number of hydrogen-bond donors (Lipinski definition) is 0. The molecule has 0 saturated heterocycles. The zero-order valence-corrected chi connectivity index (χ0v) is 19.2. The average Bonchev–Trinajstić information content (AvgIpc) is 2.87. The van der Waals surface area contributed by atoms with E-state index in [4.69, 9.17) is 9.73 Å². The molecular formula is C26H30N2O3. The van der Waals surface area contributed by atoms with Gasteiger partial charge in [0.2, 0.25) is 5.91 Å². The van der Waals surface area contributed by atoms with Gasteiger partial charge in [-0.15, -0.1) is 0 Å². The maximum atomic E-state index is 12.8. The van der Waals surface area contributed by atoms with Gasteiger partial charge in [0.15, 0.2) is 0 Å². The molecule has 5 heteroatoms. The molecule has 2 aromatic rings. The van der Waals surface area contributed by atoms with Gasteiger partial charge in [0, 0.05) is 18.2 Å². The number of hydrogen-bond acceptors (Lipinski definition) is 4. The molecule has 0 aromatic heterocycles. The summed E-state index contributed by atoms with van der Waals surface area (Å²) in [4.78, 5) is 31.0. The molecule has 5 nitrogen and oxygen atoms in total. The fourth-order valence-electron chi connectivity index (χ4n) is 4.67. The quantitative estimate of drug-likeness (QED) is 0.668. The molecule has 4 rings (SSSR count). The highest BCUT2D eigenvalue weighted by Crippen LogP contribution is 2.48. The van der Waals surface area contributed by atoms with Crippen molar-refractivity contribution in [1.82, 2.24) is 0 Å². The van der Waals surface area contributed by atoms with E-state index in [1.165, 1.54) is 18.2 Å². The molecule has 162 valence electrons. The van der Waals surface area contributed by atoms with Crippen LogP contribution in [0.2, 0.25) is 0 Å². The Morgan fingerprint density at radius 3 is 2.16 bits per heavy atom. The third kappa shape index (κ3) is 3.56. The van der Waals surface area contributed by atoms with Crippen LogP contribution in [-0.4, -0.2) is 38.3 Å². The minimum atomic E-state index is -0.372. The van der Waals surface area contributed by atoms with Crippen molar-refractivity contribution in [2.24, 2.45) is 4.99 Å². The van der Waals surface area contributed by atoms with Crippen LogP contribution < -0.4 is 4.90 Å². The number of fused-ring (bicyclic) bond motifs is 2. The van der Waals surface area contributed by atoms with Crippen LogP contribution in [0.15, 0.2) is 41.4 Å². The SMILES string of the molecule is COC(=O)c1ccc(C2=NCC(=O)N(C)c3cc4c(cc32)C(C)(C)CCC4(C)C)cc1. The lowest BCUT2D eigenvalue weighted by Gasteiger charge is -2.42. The van der Waals surface area contributed by atoms with Crippen molar-refractivity contribution in [2.45, 2.75) is 51.4 Å². The zero-order chi connectivity index (χ0) is 22.6. The lowest BCUT2D eigenvalue weighted by atomic mass is 9.62. The molecule has 2 aromatic carbocycles. The minimum Gasteiger partial charge on any atom is -0.465 e. The first kappa shape index (κ1) is 21.3. The Kier molecular flexibility index (Phi) is 5.03. The number of likely N-dealkylation sites (N-methyl/N-ethyl adjacent to an activating group) is 1. The molecule has 0 saturated carbocycles. The minimum absolute atomic E-state index is 0.0322. The van der Waals surface area contributed by atoms with Gasteiger partial charge < -0.3 is 9.64 Å². The zero-order valence-electron chi connectivity index (χ0n) is 19.2. The fourth-order valence-corrected chi connectivity index (χ4v) is 4.67. The topological polar surface area (TPSA) is 59.0 Å². The Morgan fingerprint density at radius 2 is 1.58 bits per heavy atom. The molecule has 31 heavy (non-hydrogen) atoms. The first-order valence-electron chi connectivity index (χ1n) is 10.7. The second kappa shape index (κ2) is 7.33. The van der Waals surface area contributed by atoms with Crippen molar-refractivity contribution in [2.75, 3.05) is 25.6 Å². The number of esters is 1. The number of amides is 1. The Balaban J connectivity index is 1.92. The second-order valence-corrected chi connectivity index (χ2v) is 9.87. The Hall–Kier alpha value is -2.95. The molecule has 0 spiro atoms. The molecule has 1 aliphatic heterocycles. The third-order valence-corrected chi connectivity index (χ3v) is 6.91. The standard InChI is InChI=1S/C26H30N2O3/c1-25(2)11-12-26(3,4)20-14-21-18(13-19(20)25)23(27-15-22(29)28(21)5)16-7-9-17(10-8-16)24(30)31-6/h7-10,13-14H,11-12,15H2,1-6H3. The molecule has 1 aliphatic carbocycles. The highest BCUT2D eigenvalue weighted by Gasteiger charge is 2.39. The lowest BCUT2D eigenvalue weighted by molar-refractivity contribution is -0.116. The van der Waals surface area contributed by atoms with Crippen LogP contribution in [0.25, 0.3) is 0 Å². The van der Waals surface area contributed by atoms with Crippen molar-refractivity contribution in [3.63, 3.8) is 0 Å². The van der Waals surface area contributed by atoms with Gasteiger partial charge in [-0.3, -0.25) is 9.79 Å². The first-order valence-corrected chi connectivity index (χ1v) is 10.7. The normalized spacial score (nSPS) is 19.1. The van der Waals surface area contributed by atoms with Gasteiger partial charge in [-0.1, -0.05) is 39.8 Å². The predicted molar refractivity (Wildman–Crippen MR) is 123 cm³/mol. The monoisotopic (exact) mass is 418 g/mol. The highest BCUT2D eigenvalue weighted by molar-refractivity contribution is 6.19. The van der Waals surface area contributed by atoms with Crippen LogP contribution >= 0.6 is 0 Å². The summed E-state index contributed by atoms with van der Waals surface area (Å²) in [7, 11) is 3.20. The van der Waals surface area contributed by atoms with Crippen LogP contribution in [0.4, 0.5) is 5.69 Å². The average molecular weight is 419 g/mol. The van der Waals surface area contributed by atoms with E-state index in [1.807, 2.05) is 19.2 Å². The number of methoxy groups -OCH3 is 1. The number of benzene rings is 2. The summed E-state index contributed by atoms with van der Waals surface area (Å²) >= 11 is 0. The molecule has 0 fully saturated rings. The molecule has 0 atom stereocenters. The largest absolute Gasteiger partial charge is 0.465 e. The van der Waals surface area contributed by atoms with E-state index in [9.17, 15) is 9.59 Å². The lowest BCUT2D eigenvalue weighted by Crippen LogP contribution is -2.35. The summed E-state index contributed by atoms with van der Waals surface area (Å²) < 4.78 is 4.81. The van der Waals surface area contributed by atoms with Gasteiger partial charge >= 0.3 is 5.97 Å². The second-order valence-electron chi connectivity index (χ2n) is 9.87. The highest BCUT2D eigenvalue weighted by atomic mass is 16.5. The van der Waals surface area contributed by atoms with E-state index in [-0.39, 0.29) is 29.3 Å². The summed E-state index contributed by atoms with van der Waals surface area (Å²) in [5, 5.41) is 0. The van der Waals surface area contributed by atoms with Gasteiger partial charge in [0.25, 0.3) is 0 Å². The maximum Gasteiger partial charge on any atom is 0.337 e. The summed E-state index contributed by atoms with van der Waals surface area (Å²) in [6, 6.07) is 11.7. The first-order chi connectivity index (χ1) is 14.5. The van der Waals surface area contributed by atoms with Gasteiger partial charge in [-0.25, -0.2) is 4.79 Å². The predicted octanol–water partition coefficient (Wildman–Crippen LogP) is 4.64. The van der Waals surface area contributed by atoms with E-state index >= 15 is 0 Å². The van der Waals surface area contributed by atoms with E-state index in [1.54, 1.807) is 17.0 Å². The van der Waals surface area contributed by atoms with Crippen molar-refractivity contribution < 1.29 is 14.3 Å². The van der Waals surface area contributed by atoms with E-state index in [2.05, 4.69) is 39.8 Å². The molecule has 0 radical (unpaired) electrons. The van der Waals surface area contributed by atoms with Gasteiger partial charge in [0.05, 0.1) is 24.1 Å². The number of aliphatic imine (C=N–C) groups is 1. The van der Waals surface area contributed by atoms with Crippen molar-refractivity contribution in [1.29, 1.82) is 0 Å². The maximum absolute atomic E-state index is 12.8. The Morgan fingerprint density at radius 1 is 1.00 bits per heavy atom. The molecule has 1 amide bonds. The Labute approximate surface area is 184 Å². The molecule has 0 N–H and O–H groups in total. The fraction of sp³-hybridized carbons (Fsp3) is 0.423. The molecular weight excluding hydrogens is 388 g/mol. The van der Waals surface area contributed by atoms with Crippen LogP contribution in [-0.2, 0) is 20.4 Å². The van der Waals surface area contributed by atoms with Crippen LogP contribution in [0.1, 0.15) is 73.1 Å². The number of carbonyl (C=O) groups excluding carboxylic acids is 2. The summed E-state index contributed by atoms with van der Waals surface area (Å²) in [5.41, 5.74) is 6.74. The van der Waals surface area contributed by atoms with Crippen molar-refractivity contribution in [3.8, 4) is 0 Å². The number of nitrogens with zero attached hydrogens (tertiary/aromatic N) is 2. The number of carbonyl (C=O) groups is 2. The van der Waals surface area contributed by atoms with Gasteiger partial charge in [-0.05, 0) is 59.1 Å². The Bertz CT molecular complexity index is 1090. The molecule has 2 aliphatic rings. The molecule has 0 unspecified atom stereocenters. The number of anilines is 1. The van der Waals surface area contributed by atoms with Crippen LogP contribution in [0.3, 0.4) is 0 Å².